The zero-order valence-corrected chi connectivity index (χ0v) is 13.2. The van der Waals surface area contributed by atoms with E-state index < -0.39 is 0 Å². The van der Waals surface area contributed by atoms with Crippen molar-refractivity contribution in [3.05, 3.63) is 45.9 Å². The van der Waals surface area contributed by atoms with Crippen molar-refractivity contribution < 1.29 is 4.74 Å². The second kappa shape index (κ2) is 7.41. The van der Waals surface area contributed by atoms with Crippen LogP contribution in [-0.2, 0) is 13.0 Å². The van der Waals surface area contributed by atoms with Crippen molar-refractivity contribution >= 4 is 11.3 Å². The number of hydrogen-bond donors (Lipinski definition) is 1. The van der Waals surface area contributed by atoms with Crippen LogP contribution in [-0.4, -0.2) is 11.5 Å². The Morgan fingerprint density at radius 1 is 1.35 bits per heavy atom. The van der Waals surface area contributed by atoms with E-state index in [-0.39, 0.29) is 0 Å². The van der Waals surface area contributed by atoms with Crippen LogP contribution in [0.1, 0.15) is 43.1 Å². The van der Waals surface area contributed by atoms with E-state index in [4.69, 9.17) is 4.74 Å². The van der Waals surface area contributed by atoms with Gasteiger partial charge in [0.05, 0.1) is 10.7 Å². The topological polar surface area (TPSA) is 34.1 Å². The van der Waals surface area contributed by atoms with E-state index >= 15 is 0 Å². The van der Waals surface area contributed by atoms with Crippen molar-refractivity contribution in [2.45, 2.75) is 39.8 Å². The monoisotopic (exact) mass is 290 g/mol. The molecule has 0 saturated heterocycles. The van der Waals surface area contributed by atoms with Gasteiger partial charge in [0.1, 0.15) is 12.4 Å². The van der Waals surface area contributed by atoms with E-state index in [2.05, 4.69) is 48.6 Å². The second-order valence-corrected chi connectivity index (χ2v) is 5.67. The number of benzene rings is 1. The molecule has 3 nitrogen and oxygen atoms in total. The Labute approximate surface area is 125 Å². The van der Waals surface area contributed by atoms with Crippen LogP contribution in [0.15, 0.2) is 29.6 Å². The maximum absolute atomic E-state index is 5.84. The van der Waals surface area contributed by atoms with Crippen LogP contribution >= 0.6 is 11.3 Å². The fraction of sp³-hybridized carbons (Fsp3) is 0.438. The smallest absolute Gasteiger partial charge is 0.131 e. The highest BCUT2D eigenvalue weighted by atomic mass is 32.1. The van der Waals surface area contributed by atoms with E-state index in [1.807, 2.05) is 12.1 Å². The van der Waals surface area contributed by atoms with Gasteiger partial charge in [-0.1, -0.05) is 26.0 Å². The number of aryl methyl sites for hydroxylation is 1. The molecule has 0 aliphatic rings. The van der Waals surface area contributed by atoms with Gasteiger partial charge in [-0.2, -0.15) is 0 Å². The molecule has 1 unspecified atom stereocenters. The first-order chi connectivity index (χ1) is 9.72. The molecule has 2 aromatic rings. The number of thiazole rings is 1. The molecule has 0 aliphatic carbocycles. The van der Waals surface area contributed by atoms with Gasteiger partial charge in [-0.05, 0) is 37.6 Å². The summed E-state index contributed by atoms with van der Waals surface area (Å²) in [6.07, 6.45) is 0.986. The molecule has 0 radical (unpaired) electrons. The molecule has 1 heterocycles. The highest BCUT2D eigenvalue weighted by Gasteiger charge is 2.06. The number of rotatable bonds is 7. The molecule has 0 fully saturated rings. The van der Waals surface area contributed by atoms with Crippen LogP contribution in [0.5, 0.6) is 5.75 Å². The van der Waals surface area contributed by atoms with Gasteiger partial charge in [0.25, 0.3) is 0 Å². The van der Waals surface area contributed by atoms with Gasteiger partial charge in [0.15, 0.2) is 0 Å². The molecule has 0 amide bonds. The summed E-state index contributed by atoms with van der Waals surface area (Å²) < 4.78 is 5.84. The predicted molar refractivity (Wildman–Crippen MR) is 84.4 cm³/mol. The molecular weight excluding hydrogens is 268 g/mol. The average molecular weight is 290 g/mol. The predicted octanol–water partition coefficient (Wildman–Crippen LogP) is 3.96. The molecule has 2 rings (SSSR count). The molecule has 4 heteroatoms. The zero-order chi connectivity index (χ0) is 14.4. The SMILES string of the molecule is CCNC(C)c1cccc(OCc2csc(CC)n2)c1. The third-order valence-corrected chi connectivity index (χ3v) is 4.20. The molecule has 1 N–H and O–H groups in total. The van der Waals surface area contributed by atoms with Crippen molar-refractivity contribution in [1.29, 1.82) is 0 Å². The molecule has 0 aliphatic heterocycles. The van der Waals surface area contributed by atoms with E-state index in [1.165, 1.54) is 5.56 Å². The Kier molecular flexibility index (Phi) is 5.56. The second-order valence-electron chi connectivity index (χ2n) is 4.73. The van der Waals surface area contributed by atoms with Crippen molar-refractivity contribution in [3.63, 3.8) is 0 Å². The van der Waals surface area contributed by atoms with Crippen LogP contribution < -0.4 is 10.1 Å². The summed E-state index contributed by atoms with van der Waals surface area (Å²) in [5, 5.41) is 6.65. The molecule has 1 aromatic heterocycles. The lowest BCUT2D eigenvalue weighted by Gasteiger charge is -2.14. The summed E-state index contributed by atoms with van der Waals surface area (Å²) in [5.41, 5.74) is 2.26. The summed E-state index contributed by atoms with van der Waals surface area (Å²) in [5.74, 6) is 0.901. The summed E-state index contributed by atoms with van der Waals surface area (Å²) in [4.78, 5) is 4.51. The Bertz CT molecular complexity index is 539. The van der Waals surface area contributed by atoms with Gasteiger partial charge in [0.2, 0.25) is 0 Å². The van der Waals surface area contributed by atoms with Crippen LogP contribution in [0.2, 0.25) is 0 Å². The minimum absolute atomic E-state index is 0.342. The number of ether oxygens (including phenoxy) is 1. The fourth-order valence-electron chi connectivity index (χ4n) is 2.03. The molecule has 0 saturated carbocycles. The van der Waals surface area contributed by atoms with Crippen LogP contribution in [0.3, 0.4) is 0 Å². The maximum atomic E-state index is 5.84. The highest BCUT2D eigenvalue weighted by Crippen LogP contribution is 2.20. The molecule has 108 valence electrons. The number of nitrogens with zero attached hydrogens (tertiary/aromatic N) is 1. The van der Waals surface area contributed by atoms with E-state index in [0.717, 1.165) is 29.4 Å². The molecule has 1 aromatic carbocycles. The Morgan fingerprint density at radius 3 is 2.90 bits per heavy atom. The van der Waals surface area contributed by atoms with E-state index in [9.17, 15) is 0 Å². The fourth-order valence-corrected chi connectivity index (χ4v) is 2.76. The third kappa shape index (κ3) is 4.05. The molecule has 20 heavy (non-hydrogen) atoms. The van der Waals surface area contributed by atoms with Crippen molar-refractivity contribution in [2.24, 2.45) is 0 Å². The lowest BCUT2D eigenvalue weighted by atomic mass is 10.1. The molecule has 0 spiro atoms. The Hall–Kier alpha value is -1.39. The average Bonchev–Trinajstić information content (AvgIpc) is 2.94. The Morgan fingerprint density at radius 2 is 2.20 bits per heavy atom. The van der Waals surface area contributed by atoms with Gasteiger partial charge in [-0.25, -0.2) is 4.98 Å². The normalized spacial score (nSPS) is 12.3. The summed E-state index contributed by atoms with van der Waals surface area (Å²) >= 11 is 1.70. The van der Waals surface area contributed by atoms with Gasteiger partial charge in [-0.15, -0.1) is 11.3 Å². The minimum atomic E-state index is 0.342. The van der Waals surface area contributed by atoms with E-state index in [0.29, 0.717) is 12.6 Å². The van der Waals surface area contributed by atoms with E-state index in [1.54, 1.807) is 11.3 Å². The lowest BCUT2D eigenvalue weighted by Crippen LogP contribution is -2.17. The van der Waals surface area contributed by atoms with Crippen molar-refractivity contribution in [3.8, 4) is 5.75 Å². The van der Waals surface area contributed by atoms with Crippen LogP contribution in [0, 0.1) is 0 Å². The Balaban J connectivity index is 1.97. The van der Waals surface area contributed by atoms with Crippen molar-refractivity contribution in [2.75, 3.05) is 6.54 Å². The zero-order valence-electron chi connectivity index (χ0n) is 12.3. The summed E-state index contributed by atoms with van der Waals surface area (Å²) in [6, 6.07) is 8.60. The number of hydrogen-bond acceptors (Lipinski definition) is 4. The van der Waals surface area contributed by atoms with Gasteiger partial charge >= 0.3 is 0 Å². The largest absolute Gasteiger partial charge is 0.487 e. The number of nitrogens with one attached hydrogen (secondary N) is 1. The molecule has 0 bridgehead atoms. The summed E-state index contributed by atoms with van der Waals surface area (Å²) in [7, 11) is 0. The molecular formula is C16H22N2OS. The number of aromatic nitrogens is 1. The summed E-state index contributed by atoms with van der Waals surface area (Å²) in [6.45, 7) is 7.90. The first kappa shape index (κ1) is 15.0. The van der Waals surface area contributed by atoms with Gasteiger partial charge < -0.3 is 10.1 Å². The quantitative estimate of drug-likeness (QED) is 0.838. The first-order valence-electron chi connectivity index (χ1n) is 7.12. The molecule has 1 atom stereocenters. The van der Waals surface area contributed by atoms with Crippen molar-refractivity contribution in [1.82, 2.24) is 10.3 Å². The standard InChI is InChI=1S/C16H22N2OS/c1-4-16-18-14(11-20-16)10-19-15-8-6-7-13(9-15)12(3)17-5-2/h6-9,11-12,17H,4-5,10H2,1-3H3. The lowest BCUT2D eigenvalue weighted by molar-refractivity contribution is 0.301. The van der Waals surface area contributed by atoms with Gasteiger partial charge in [-0.3, -0.25) is 0 Å². The minimum Gasteiger partial charge on any atom is -0.487 e. The highest BCUT2D eigenvalue weighted by molar-refractivity contribution is 7.09. The first-order valence-corrected chi connectivity index (χ1v) is 8.00. The third-order valence-electron chi connectivity index (χ3n) is 3.16. The van der Waals surface area contributed by atoms with Gasteiger partial charge in [0, 0.05) is 11.4 Å². The maximum Gasteiger partial charge on any atom is 0.131 e. The van der Waals surface area contributed by atoms with Crippen LogP contribution in [0.25, 0.3) is 0 Å². The van der Waals surface area contributed by atoms with Crippen LogP contribution in [0.4, 0.5) is 0 Å².